The zero-order valence-corrected chi connectivity index (χ0v) is 12.5. The zero-order chi connectivity index (χ0) is 13.7. The molecular weight excluding hydrogens is 310 g/mol. The standard InChI is InChI=1S/C13H18BrN3O2/c1-2-19-13(18)12(17-7-5-15-6-8-17)11-4-3-10(14)9-16-11/h3-4,9,12,15H,2,5-8H2,1H3. The lowest BCUT2D eigenvalue weighted by Crippen LogP contribution is -2.47. The van der Waals surface area contributed by atoms with Gasteiger partial charge in [0.15, 0.2) is 6.04 Å². The number of carbonyl (C=O) groups is 1. The van der Waals surface area contributed by atoms with Crippen LogP contribution in [0.4, 0.5) is 0 Å². The molecule has 2 heterocycles. The minimum Gasteiger partial charge on any atom is -0.465 e. The molecule has 19 heavy (non-hydrogen) atoms. The average Bonchev–Trinajstić information content (AvgIpc) is 2.43. The van der Waals surface area contributed by atoms with Gasteiger partial charge < -0.3 is 10.1 Å². The summed E-state index contributed by atoms with van der Waals surface area (Å²) in [7, 11) is 0. The largest absolute Gasteiger partial charge is 0.465 e. The molecular formula is C13H18BrN3O2. The van der Waals surface area contributed by atoms with E-state index in [1.54, 1.807) is 6.20 Å². The van der Waals surface area contributed by atoms with E-state index >= 15 is 0 Å². The fourth-order valence-electron chi connectivity index (χ4n) is 2.17. The molecule has 1 aromatic rings. The van der Waals surface area contributed by atoms with E-state index in [9.17, 15) is 4.79 Å². The molecule has 2 rings (SSSR count). The maximum atomic E-state index is 12.2. The molecule has 1 atom stereocenters. The van der Waals surface area contributed by atoms with Crippen LogP contribution in [-0.4, -0.2) is 48.6 Å². The monoisotopic (exact) mass is 327 g/mol. The van der Waals surface area contributed by atoms with Crippen LogP contribution in [0.2, 0.25) is 0 Å². The molecule has 104 valence electrons. The maximum Gasteiger partial charge on any atom is 0.329 e. The fraction of sp³-hybridized carbons (Fsp3) is 0.538. The summed E-state index contributed by atoms with van der Waals surface area (Å²) in [5, 5.41) is 3.28. The van der Waals surface area contributed by atoms with Crippen LogP contribution in [0, 0.1) is 0 Å². The molecule has 5 nitrogen and oxygen atoms in total. The van der Waals surface area contributed by atoms with Gasteiger partial charge in [-0.3, -0.25) is 9.88 Å². The van der Waals surface area contributed by atoms with E-state index in [0.29, 0.717) is 6.61 Å². The van der Waals surface area contributed by atoms with Crippen LogP contribution in [0.15, 0.2) is 22.8 Å². The molecule has 0 radical (unpaired) electrons. The lowest BCUT2D eigenvalue weighted by molar-refractivity contribution is -0.150. The Hall–Kier alpha value is -0.980. The van der Waals surface area contributed by atoms with E-state index in [-0.39, 0.29) is 5.97 Å². The highest BCUT2D eigenvalue weighted by Crippen LogP contribution is 2.22. The van der Waals surface area contributed by atoms with Crippen molar-refractivity contribution in [2.45, 2.75) is 13.0 Å². The van der Waals surface area contributed by atoms with Crippen molar-refractivity contribution < 1.29 is 9.53 Å². The van der Waals surface area contributed by atoms with Crippen molar-refractivity contribution in [1.29, 1.82) is 0 Å². The predicted octanol–water partition coefficient (Wildman–Crippen LogP) is 1.35. The summed E-state index contributed by atoms with van der Waals surface area (Å²) in [5.74, 6) is -0.223. The number of hydrogen-bond acceptors (Lipinski definition) is 5. The summed E-state index contributed by atoms with van der Waals surface area (Å²) in [6.07, 6.45) is 1.71. The molecule has 0 amide bonds. The number of nitrogens with one attached hydrogen (secondary N) is 1. The highest BCUT2D eigenvalue weighted by Gasteiger charge is 2.30. The number of rotatable bonds is 4. The smallest absolute Gasteiger partial charge is 0.329 e. The van der Waals surface area contributed by atoms with Crippen LogP contribution in [0.25, 0.3) is 0 Å². The lowest BCUT2D eigenvalue weighted by atomic mass is 10.1. The first-order valence-corrected chi connectivity index (χ1v) is 7.24. The Morgan fingerprint density at radius 1 is 1.53 bits per heavy atom. The van der Waals surface area contributed by atoms with Crippen molar-refractivity contribution in [1.82, 2.24) is 15.2 Å². The van der Waals surface area contributed by atoms with Gasteiger partial charge in [-0.15, -0.1) is 0 Å². The third-order valence-electron chi connectivity index (χ3n) is 3.06. The topological polar surface area (TPSA) is 54.5 Å². The molecule has 0 spiro atoms. The van der Waals surface area contributed by atoms with Crippen molar-refractivity contribution in [3.05, 3.63) is 28.5 Å². The summed E-state index contributed by atoms with van der Waals surface area (Å²) in [6.45, 7) is 5.61. The third-order valence-corrected chi connectivity index (χ3v) is 3.53. The van der Waals surface area contributed by atoms with Gasteiger partial charge in [0, 0.05) is 36.8 Å². The van der Waals surface area contributed by atoms with Gasteiger partial charge in [0.1, 0.15) is 0 Å². The molecule has 1 aromatic heterocycles. The van der Waals surface area contributed by atoms with Gasteiger partial charge in [-0.1, -0.05) is 0 Å². The number of piperazine rings is 1. The van der Waals surface area contributed by atoms with E-state index < -0.39 is 6.04 Å². The SMILES string of the molecule is CCOC(=O)C(c1ccc(Br)cn1)N1CCNCC1. The fourth-order valence-corrected chi connectivity index (χ4v) is 2.40. The molecule has 1 N–H and O–H groups in total. The zero-order valence-electron chi connectivity index (χ0n) is 10.9. The lowest BCUT2D eigenvalue weighted by Gasteiger charge is -2.32. The van der Waals surface area contributed by atoms with Gasteiger partial charge in [0.05, 0.1) is 12.3 Å². The van der Waals surface area contributed by atoms with Crippen LogP contribution in [0.5, 0.6) is 0 Å². The van der Waals surface area contributed by atoms with Gasteiger partial charge in [0.25, 0.3) is 0 Å². The molecule has 0 saturated carbocycles. The van der Waals surface area contributed by atoms with E-state index in [4.69, 9.17) is 4.74 Å². The van der Waals surface area contributed by atoms with Crippen molar-refractivity contribution in [3.8, 4) is 0 Å². The van der Waals surface area contributed by atoms with Gasteiger partial charge in [-0.2, -0.15) is 0 Å². The highest BCUT2D eigenvalue weighted by molar-refractivity contribution is 9.10. The maximum absolute atomic E-state index is 12.2. The molecule has 1 aliphatic heterocycles. The summed E-state index contributed by atoms with van der Waals surface area (Å²) < 4.78 is 6.09. The normalized spacial score (nSPS) is 18.0. The minimum absolute atomic E-state index is 0.223. The number of halogens is 1. The van der Waals surface area contributed by atoms with Gasteiger partial charge in [-0.25, -0.2) is 4.79 Å². The van der Waals surface area contributed by atoms with E-state index in [2.05, 4.69) is 31.1 Å². The molecule has 1 fully saturated rings. The predicted molar refractivity (Wildman–Crippen MR) is 75.8 cm³/mol. The van der Waals surface area contributed by atoms with Crippen molar-refractivity contribution in [3.63, 3.8) is 0 Å². The number of ether oxygens (including phenoxy) is 1. The Morgan fingerprint density at radius 2 is 2.26 bits per heavy atom. The van der Waals surface area contributed by atoms with Crippen molar-refractivity contribution in [2.24, 2.45) is 0 Å². The molecule has 0 aliphatic carbocycles. The van der Waals surface area contributed by atoms with Gasteiger partial charge >= 0.3 is 5.97 Å². The summed E-state index contributed by atoms with van der Waals surface area (Å²) >= 11 is 3.36. The average molecular weight is 328 g/mol. The first-order valence-electron chi connectivity index (χ1n) is 6.45. The molecule has 0 aromatic carbocycles. The number of pyridine rings is 1. The van der Waals surface area contributed by atoms with Crippen LogP contribution < -0.4 is 5.32 Å². The number of carbonyl (C=O) groups excluding carboxylic acids is 1. The number of esters is 1. The minimum atomic E-state index is -0.407. The quantitative estimate of drug-likeness (QED) is 0.846. The molecule has 1 aliphatic rings. The van der Waals surface area contributed by atoms with Gasteiger partial charge in [0.2, 0.25) is 0 Å². The highest BCUT2D eigenvalue weighted by atomic mass is 79.9. The summed E-state index contributed by atoms with van der Waals surface area (Å²) in [5.41, 5.74) is 0.739. The van der Waals surface area contributed by atoms with Crippen LogP contribution in [0.3, 0.4) is 0 Å². The molecule has 6 heteroatoms. The third kappa shape index (κ3) is 3.75. The van der Waals surface area contributed by atoms with Crippen LogP contribution >= 0.6 is 15.9 Å². The second kappa shape index (κ2) is 6.98. The van der Waals surface area contributed by atoms with E-state index in [0.717, 1.165) is 36.3 Å². The van der Waals surface area contributed by atoms with Crippen LogP contribution in [0.1, 0.15) is 18.7 Å². The van der Waals surface area contributed by atoms with Crippen LogP contribution in [-0.2, 0) is 9.53 Å². The summed E-state index contributed by atoms with van der Waals surface area (Å²) in [6, 6.07) is 3.36. The Labute approximate surface area is 121 Å². The Morgan fingerprint density at radius 3 is 2.84 bits per heavy atom. The number of nitrogens with zero attached hydrogens (tertiary/aromatic N) is 2. The Balaban J connectivity index is 2.22. The molecule has 1 saturated heterocycles. The van der Waals surface area contributed by atoms with Crippen molar-refractivity contribution in [2.75, 3.05) is 32.8 Å². The number of hydrogen-bond donors (Lipinski definition) is 1. The first-order chi connectivity index (χ1) is 9.22. The molecule has 1 unspecified atom stereocenters. The van der Waals surface area contributed by atoms with E-state index in [1.165, 1.54) is 0 Å². The second-order valence-electron chi connectivity index (χ2n) is 4.34. The number of aromatic nitrogens is 1. The Kier molecular flexibility index (Phi) is 5.30. The Bertz CT molecular complexity index is 418. The van der Waals surface area contributed by atoms with Crippen molar-refractivity contribution >= 4 is 21.9 Å². The summed E-state index contributed by atoms with van der Waals surface area (Å²) in [4.78, 5) is 18.7. The first kappa shape index (κ1) is 14.4. The second-order valence-corrected chi connectivity index (χ2v) is 5.26. The van der Waals surface area contributed by atoms with Gasteiger partial charge in [-0.05, 0) is 35.0 Å². The van der Waals surface area contributed by atoms with E-state index in [1.807, 2.05) is 19.1 Å². The molecule has 0 bridgehead atoms.